The maximum Gasteiger partial charge on any atom is 0.220 e. The minimum absolute atomic E-state index is 0.207. The van der Waals surface area contributed by atoms with Gasteiger partial charge in [0.1, 0.15) is 24.4 Å². The maximum absolute atomic E-state index is 12.9. The van der Waals surface area contributed by atoms with E-state index in [1.807, 2.05) is 19.1 Å². The Morgan fingerprint density at radius 3 is 1.68 bits per heavy atom. The third-order valence-electron chi connectivity index (χ3n) is 9.72. The van der Waals surface area contributed by atoms with Crippen molar-refractivity contribution in [1.29, 1.82) is 0 Å². The van der Waals surface area contributed by atoms with E-state index >= 15 is 0 Å². The Morgan fingerprint density at radius 1 is 0.632 bits per heavy atom. The van der Waals surface area contributed by atoms with E-state index in [1.165, 1.54) is 32.1 Å². The first-order valence-corrected chi connectivity index (χ1v) is 21.9. The second-order valence-electron chi connectivity index (χ2n) is 14.7. The Labute approximate surface area is 345 Å². The van der Waals surface area contributed by atoms with E-state index in [1.54, 1.807) is 6.08 Å². The lowest BCUT2D eigenvalue weighted by Gasteiger charge is -2.40. The van der Waals surface area contributed by atoms with Crippen molar-refractivity contribution < 1.29 is 39.8 Å². The number of allylic oxidation sites excluding steroid dienone is 15. The average Bonchev–Trinajstić information content (AvgIpc) is 3.21. The number of carbonyl (C=O) groups is 1. The summed E-state index contributed by atoms with van der Waals surface area (Å²) in [6, 6.07) is -0.835. The molecule has 57 heavy (non-hydrogen) atoms. The molecule has 1 aliphatic heterocycles. The third kappa shape index (κ3) is 28.2. The second-order valence-corrected chi connectivity index (χ2v) is 14.7. The molecule has 0 aromatic carbocycles. The number of aliphatic hydroxyl groups excluding tert-OH is 5. The van der Waals surface area contributed by atoms with Crippen LogP contribution in [0.3, 0.4) is 0 Å². The zero-order chi connectivity index (χ0) is 41.6. The van der Waals surface area contributed by atoms with E-state index in [4.69, 9.17) is 9.47 Å². The lowest BCUT2D eigenvalue weighted by atomic mass is 9.99. The van der Waals surface area contributed by atoms with Gasteiger partial charge in [-0.15, -0.1) is 0 Å². The number of aliphatic hydroxyl groups is 5. The molecule has 1 rings (SSSR count). The number of ether oxygens (including phenoxy) is 2. The van der Waals surface area contributed by atoms with Crippen LogP contribution >= 0.6 is 0 Å². The molecule has 0 saturated carbocycles. The van der Waals surface area contributed by atoms with E-state index in [9.17, 15) is 30.3 Å². The first-order valence-electron chi connectivity index (χ1n) is 21.9. The van der Waals surface area contributed by atoms with Gasteiger partial charge in [-0.25, -0.2) is 0 Å². The molecular formula is C48H79NO8. The Balaban J connectivity index is 2.28. The molecule has 0 spiro atoms. The predicted molar refractivity (Wildman–Crippen MR) is 234 cm³/mol. The minimum Gasteiger partial charge on any atom is -0.394 e. The summed E-state index contributed by atoms with van der Waals surface area (Å²) >= 11 is 0. The molecule has 1 amide bonds. The third-order valence-corrected chi connectivity index (χ3v) is 9.72. The summed E-state index contributed by atoms with van der Waals surface area (Å²) in [7, 11) is 0. The minimum atomic E-state index is -1.58. The molecule has 1 saturated heterocycles. The van der Waals surface area contributed by atoms with Crippen molar-refractivity contribution >= 4 is 5.91 Å². The predicted octanol–water partition coefficient (Wildman–Crippen LogP) is 8.94. The highest BCUT2D eigenvalue weighted by atomic mass is 16.7. The number of carbonyl (C=O) groups excluding carboxylic acids is 1. The topological polar surface area (TPSA) is 149 Å². The molecule has 7 unspecified atom stereocenters. The maximum atomic E-state index is 12.9. The van der Waals surface area contributed by atoms with Crippen molar-refractivity contribution in [3.05, 3.63) is 97.2 Å². The Kier molecular flexibility index (Phi) is 34.2. The lowest BCUT2D eigenvalue weighted by molar-refractivity contribution is -0.302. The largest absolute Gasteiger partial charge is 0.394 e. The van der Waals surface area contributed by atoms with Crippen LogP contribution in [0.2, 0.25) is 0 Å². The smallest absolute Gasteiger partial charge is 0.220 e. The molecule has 0 aromatic heterocycles. The summed E-state index contributed by atoms with van der Waals surface area (Å²) in [6.07, 6.45) is 46.2. The summed E-state index contributed by atoms with van der Waals surface area (Å²) in [5.41, 5.74) is 0. The van der Waals surface area contributed by atoms with E-state index < -0.39 is 49.5 Å². The number of rotatable bonds is 34. The highest BCUT2D eigenvalue weighted by molar-refractivity contribution is 5.76. The summed E-state index contributed by atoms with van der Waals surface area (Å²) in [5, 5.41) is 53.9. The highest BCUT2D eigenvalue weighted by Crippen LogP contribution is 2.22. The van der Waals surface area contributed by atoms with E-state index in [0.29, 0.717) is 6.42 Å². The summed E-state index contributed by atoms with van der Waals surface area (Å²) in [6.45, 7) is 3.37. The van der Waals surface area contributed by atoms with Crippen LogP contribution in [0.5, 0.6) is 0 Å². The number of nitrogens with one attached hydrogen (secondary N) is 1. The number of hydrogen-bond acceptors (Lipinski definition) is 8. The van der Waals surface area contributed by atoms with Gasteiger partial charge in [0.2, 0.25) is 5.91 Å². The number of unbranched alkanes of at least 4 members (excludes halogenated alkanes) is 11. The van der Waals surface area contributed by atoms with Gasteiger partial charge in [-0.1, -0.05) is 149 Å². The van der Waals surface area contributed by atoms with Crippen LogP contribution < -0.4 is 5.32 Å². The van der Waals surface area contributed by atoms with Crippen LogP contribution in [-0.4, -0.2) is 87.5 Å². The monoisotopic (exact) mass is 798 g/mol. The summed E-state index contributed by atoms with van der Waals surface area (Å²) in [5.74, 6) is -0.207. The lowest BCUT2D eigenvalue weighted by Crippen LogP contribution is -2.60. The number of hydrogen-bond donors (Lipinski definition) is 6. The first kappa shape index (κ1) is 52.1. The summed E-state index contributed by atoms with van der Waals surface area (Å²) < 4.78 is 11.1. The van der Waals surface area contributed by atoms with Crippen molar-refractivity contribution in [2.24, 2.45) is 0 Å². The van der Waals surface area contributed by atoms with Gasteiger partial charge in [0, 0.05) is 6.42 Å². The van der Waals surface area contributed by atoms with Gasteiger partial charge < -0.3 is 40.3 Å². The zero-order valence-electron chi connectivity index (χ0n) is 35.3. The molecule has 7 atom stereocenters. The second kappa shape index (κ2) is 37.4. The van der Waals surface area contributed by atoms with Gasteiger partial charge >= 0.3 is 0 Å². The van der Waals surface area contributed by atoms with Gasteiger partial charge in [-0.05, 0) is 84.0 Å². The van der Waals surface area contributed by atoms with Crippen LogP contribution in [0.4, 0.5) is 0 Å². The molecule has 0 bridgehead atoms. The van der Waals surface area contributed by atoms with E-state index in [-0.39, 0.29) is 12.5 Å². The fourth-order valence-corrected chi connectivity index (χ4v) is 6.22. The van der Waals surface area contributed by atoms with Crippen molar-refractivity contribution in [3.63, 3.8) is 0 Å². The Morgan fingerprint density at radius 2 is 1.12 bits per heavy atom. The normalized spacial score (nSPS) is 22.0. The molecule has 9 nitrogen and oxygen atoms in total. The zero-order valence-corrected chi connectivity index (χ0v) is 35.3. The van der Waals surface area contributed by atoms with Crippen LogP contribution in [-0.2, 0) is 14.3 Å². The quantitative estimate of drug-likeness (QED) is 0.0279. The van der Waals surface area contributed by atoms with Gasteiger partial charge in [0.05, 0.1) is 25.4 Å². The molecule has 6 N–H and O–H groups in total. The van der Waals surface area contributed by atoms with Crippen molar-refractivity contribution in [3.8, 4) is 0 Å². The molecule has 1 fully saturated rings. The highest BCUT2D eigenvalue weighted by Gasteiger charge is 2.44. The molecule has 0 radical (unpaired) electrons. The molecule has 1 aliphatic rings. The van der Waals surface area contributed by atoms with Gasteiger partial charge in [0.25, 0.3) is 0 Å². The van der Waals surface area contributed by atoms with Crippen LogP contribution in [0.1, 0.15) is 142 Å². The van der Waals surface area contributed by atoms with Crippen molar-refractivity contribution in [1.82, 2.24) is 5.32 Å². The van der Waals surface area contributed by atoms with Crippen molar-refractivity contribution in [2.75, 3.05) is 13.2 Å². The van der Waals surface area contributed by atoms with Crippen molar-refractivity contribution in [2.45, 2.75) is 185 Å². The fourth-order valence-electron chi connectivity index (χ4n) is 6.22. The van der Waals surface area contributed by atoms with Gasteiger partial charge in [0.15, 0.2) is 6.29 Å². The molecular weight excluding hydrogens is 719 g/mol. The van der Waals surface area contributed by atoms with E-state index in [2.05, 4.69) is 91.2 Å². The average molecular weight is 798 g/mol. The first-order chi connectivity index (χ1) is 27.8. The molecule has 9 heteroatoms. The van der Waals surface area contributed by atoms with Crippen LogP contribution in [0.25, 0.3) is 0 Å². The molecule has 0 aliphatic carbocycles. The summed E-state index contributed by atoms with van der Waals surface area (Å²) in [4.78, 5) is 12.9. The molecule has 0 aromatic rings. The van der Waals surface area contributed by atoms with E-state index in [0.717, 1.165) is 89.9 Å². The van der Waals surface area contributed by atoms with Gasteiger partial charge in [-0.2, -0.15) is 0 Å². The Hall–Kier alpha value is -2.89. The SMILES string of the molecule is C/C=C/CC/C=C/CC/C=C/C(O)C(COC1OC(CO)C(O)C(O)C1O)NC(=O)CCCCCCCCCCC/C=C\C/C=C\C/C=C\C/C=C\C/C=C\CC. The Bertz CT molecular complexity index is 1200. The number of amides is 1. The van der Waals surface area contributed by atoms with Crippen LogP contribution in [0.15, 0.2) is 97.2 Å². The van der Waals surface area contributed by atoms with Crippen LogP contribution in [0, 0.1) is 0 Å². The fraction of sp³-hybridized carbons (Fsp3) is 0.646. The standard InChI is InChI=1S/C48H79NO8/c1-3-5-7-9-11-13-14-15-16-17-18-19-20-21-22-23-24-25-26-27-28-30-32-34-36-38-44(52)49-41(42(51)37-35-33-31-29-12-10-8-6-4-2)40-56-48-47(55)46(54)45(53)43(39-50)57-48/h4-7,11-13,15-16,18-19,21-22,29,35,37,41-43,45-48,50-51,53-55H,3,8-10,14,17,20,23-28,30-34,36,38-40H2,1-2H3,(H,49,52)/b6-4+,7-5-,13-11-,16-15-,19-18-,22-21-,29-12+,37-35+. The van der Waals surface area contributed by atoms with Gasteiger partial charge in [-0.3, -0.25) is 4.79 Å². The molecule has 1 heterocycles. The molecule has 324 valence electrons.